The average molecular weight is 403 g/mol. The first kappa shape index (κ1) is 20.9. The summed E-state index contributed by atoms with van der Waals surface area (Å²) in [6.07, 6.45) is -0.419. The van der Waals surface area contributed by atoms with Crippen molar-refractivity contribution < 1.29 is 24.1 Å². The number of carbonyl (C=O) groups is 1. The molecule has 2 aromatic carbocycles. The lowest BCUT2D eigenvalue weighted by Gasteiger charge is -2.25. The SMILES string of the molecule is CC1(C)OC(Sc2ccccc2)[C@H]([C@@H](COCc2ccccc2)CC(=O)O)O1. The van der Waals surface area contributed by atoms with E-state index in [2.05, 4.69) is 0 Å². The van der Waals surface area contributed by atoms with Crippen LogP contribution in [0.15, 0.2) is 65.6 Å². The first-order chi connectivity index (χ1) is 13.4. The summed E-state index contributed by atoms with van der Waals surface area (Å²) in [6, 6.07) is 19.7. The molecule has 1 aliphatic heterocycles. The van der Waals surface area contributed by atoms with Gasteiger partial charge in [-0.25, -0.2) is 0 Å². The van der Waals surface area contributed by atoms with Crippen molar-refractivity contribution in [2.24, 2.45) is 5.92 Å². The minimum atomic E-state index is -0.870. The van der Waals surface area contributed by atoms with Crippen LogP contribution in [0.2, 0.25) is 0 Å². The second-order valence-corrected chi connectivity index (χ2v) is 8.43. The highest BCUT2D eigenvalue weighted by Crippen LogP contribution is 2.41. The van der Waals surface area contributed by atoms with Crippen LogP contribution in [0.1, 0.15) is 25.8 Å². The van der Waals surface area contributed by atoms with Gasteiger partial charge in [-0.15, -0.1) is 0 Å². The van der Waals surface area contributed by atoms with Crippen LogP contribution in [0.5, 0.6) is 0 Å². The highest BCUT2D eigenvalue weighted by atomic mass is 32.2. The molecule has 150 valence electrons. The summed E-state index contributed by atoms with van der Waals surface area (Å²) in [5, 5.41) is 9.41. The standard InChI is InChI=1S/C22H26O5S/c1-22(2)26-20(21(27-22)28-18-11-7-4-8-12-18)17(13-19(23)24)15-25-14-16-9-5-3-6-10-16/h3-12,17,20-21H,13-15H2,1-2H3,(H,23,24)/t17-,20+,21?/m1/s1. The predicted molar refractivity (Wildman–Crippen MR) is 108 cm³/mol. The topological polar surface area (TPSA) is 65.0 Å². The number of thioether (sulfide) groups is 1. The van der Waals surface area contributed by atoms with Crippen LogP contribution in [0, 0.1) is 5.92 Å². The van der Waals surface area contributed by atoms with Gasteiger partial charge in [-0.05, 0) is 31.5 Å². The molecule has 0 amide bonds. The summed E-state index contributed by atoms with van der Waals surface area (Å²) < 4.78 is 18.1. The molecule has 28 heavy (non-hydrogen) atoms. The summed E-state index contributed by atoms with van der Waals surface area (Å²) in [4.78, 5) is 12.5. The maximum absolute atomic E-state index is 11.5. The van der Waals surface area contributed by atoms with E-state index in [0.29, 0.717) is 6.61 Å². The van der Waals surface area contributed by atoms with E-state index in [9.17, 15) is 9.90 Å². The number of ether oxygens (including phenoxy) is 3. The molecular weight excluding hydrogens is 376 g/mol. The van der Waals surface area contributed by atoms with Crippen molar-refractivity contribution in [3.8, 4) is 0 Å². The normalized spacial score (nSPS) is 22.1. The number of hydrogen-bond acceptors (Lipinski definition) is 5. The van der Waals surface area contributed by atoms with Gasteiger partial charge in [0.2, 0.25) is 0 Å². The van der Waals surface area contributed by atoms with Crippen LogP contribution in [-0.4, -0.2) is 35.0 Å². The molecule has 1 saturated heterocycles. The Balaban J connectivity index is 1.69. The Morgan fingerprint density at radius 1 is 1.11 bits per heavy atom. The number of aliphatic carboxylic acids is 1. The lowest BCUT2D eigenvalue weighted by atomic mass is 10.00. The van der Waals surface area contributed by atoms with Gasteiger partial charge in [0, 0.05) is 10.8 Å². The molecule has 2 aromatic rings. The van der Waals surface area contributed by atoms with E-state index in [1.165, 1.54) is 0 Å². The van der Waals surface area contributed by atoms with Gasteiger partial charge in [-0.1, -0.05) is 60.3 Å². The van der Waals surface area contributed by atoms with Crippen molar-refractivity contribution in [2.45, 2.75) is 49.1 Å². The molecule has 1 fully saturated rings. The fraction of sp³-hybridized carbons (Fsp3) is 0.409. The van der Waals surface area contributed by atoms with E-state index < -0.39 is 11.8 Å². The van der Waals surface area contributed by atoms with Gasteiger partial charge in [0.1, 0.15) is 11.5 Å². The monoisotopic (exact) mass is 402 g/mol. The van der Waals surface area contributed by atoms with Crippen LogP contribution in [0.25, 0.3) is 0 Å². The molecule has 1 unspecified atom stereocenters. The smallest absolute Gasteiger partial charge is 0.303 e. The third-order valence-corrected chi connectivity index (χ3v) is 5.57. The van der Waals surface area contributed by atoms with E-state index >= 15 is 0 Å². The Bertz CT molecular complexity index is 750. The van der Waals surface area contributed by atoms with Crippen LogP contribution < -0.4 is 0 Å². The van der Waals surface area contributed by atoms with Gasteiger partial charge < -0.3 is 19.3 Å². The molecule has 0 spiro atoms. The summed E-state index contributed by atoms with van der Waals surface area (Å²) in [7, 11) is 0. The summed E-state index contributed by atoms with van der Waals surface area (Å²) in [5.41, 5.74) is 0.748. The summed E-state index contributed by atoms with van der Waals surface area (Å²) in [5.74, 6) is -1.96. The fourth-order valence-corrected chi connectivity index (χ4v) is 4.47. The van der Waals surface area contributed by atoms with Crippen molar-refractivity contribution in [3.63, 3.8) is 0 Å². The number of benzene rings is 2. The second kappa shape index (κ2) is 9.56. The number of carboxylic acids is 1. The third kappa shape index (κ3) is 6.07. The van der Waals surface area contributed by atoms with Crippen LogP contribution in [0.3, 0.4) is 0 Å². The molecule has 0 saturated carbocycles. The summed E-state index contributed by atoms with van der Waals surface area (Å²) >= 11 is 1.55. The van der Waals surface area contributed by atoms with Gasteiger partial charge in [0.05, 0.1) is 19.6 Å². The van der Waals surface area contributed by atoms with E-state index in [0.717, 1.165) is 10.5 Å². The Kier molecular flexibility index (Phi) is 7.13. The van der Waals surface area contributed by atoms with Crippen molar-refractivity contribution in [3.05, 3.63) is 66.2 Å². The lowest BCUT2D eigenvalue weighted by molar-refractivity contribution is -0.154. The van der Waals surface area contributed by atoms with Gasteiger partial charge in [0.15, 0.2) is 5.79 Å². The van der Waals surface area contributed by atoms with Crippen LogP contribution in [-0.2, 0) is 25.6 Å². The molecular formula is C22H26O5S. The van der Waals surface area contributed by atoms with Gasteiger partial charge in [0.25, 0.3) is 0 Å². The molecule has 0 aliphatic carbocycles. The minimum Gasteiger partial charge on any atom is -0.481 e. The molecule has 3 rings (SSSR count). The average Bonchev–Trinajstić information content (AvgIpc) is 2.96. The second-order valence-electron chi connectivity index (χ2n) is 7.26. The zero-order valence-electron chi connectivity index (χ0n) is 16.1. The Morgan fingerprint density at radius 2 is 1.75 bits per heavy atom. The zero-order valence-corrected chi connectivity index (χ0v) is 16.9. The quantitative estimate of drug-likeness (QED) is 0.663. The molecule has 5 nitrogen and oxygen atoms in total. The number of hydrogen-bond donors (Lipinski definition) is 1. The Labute approximate surface area is 170 Å². The highest BCUT2D eigenvalue weighted by Gasteiger charge is 2.46. The van der Waals surface area contributed by atoms with Crippen molar-refractivity contribution >= 4 is 17.7 Å². The van der Waals surface area contributed by atoms with E-state index in [1.807, 2.05) is 74.5 Å². The minimum absolute atomic E-state index is 0.0370. The largest absolute Gasteiger partial charge is 0.481 e. The van der Waals surface area contributed by atoms with Crippen molar-refractivity contribution in [1.29, 1.82) is 0 Å². The number of carboxylic acid groups (broad SMARTS) is 1. The Hall–Kier alpha value is -1.86. The molecule has 1 aliphatic rings. The van der Waals surface area contributed by atoms with Gasteiger partial charge >= 0.3 is 5.97 Å². The molecule has 0 radical (unpaired) electrons. The van der Waals surface area contributed by atoms with Gasteiger partial charge in [-0.3, -0.25) is 4.79 Å². The maximum atomic E-state index is 11.5. The first-order valence-electron chi connectivity index (χ1n) is 9.34. The maximum Gasteiger partial charge on any atom is 0.303 e. The van der Waals surface area contributed by atoms with Gasteiger partial charge in [-0.2, -0.15) is 0 Å². The van der Waals surface area contributed by atoms with Crippen LogP contribution in [0.4, 0.5) is 0 Å². The Morgan fingerprint density at radius 3 is 2.39 bits per heavy atom. The van der Waals surface area contributed by atoms with E-state index in [-0.39, 0.29) is 30.5 Å². The van der Waals surface area contributed by atoms with E-state index in [1.54, 1.807) is 11.8 Å². The predicted octanol–water partition coefficient (Wildman–Crippen LogP) is 4.56. The molecule has 3 atom stereocenters. The fourth-order valence-electron chi connectivity index (χ4n) is 3.20. The molecule has 1 heterocycles. The first-order valence-corrected chi connectivity index (χ1v) is 10.2. The highest BCUT2D eigenvalue weighted by molar-refractivity contribution is 7.99. The van der Waals surface area contributed by atoms with Crippen LogP contribution >= 0.6 is 11.8 Å². The zero-order chi connectivity index (χ0) is 20.0. The third-order valence-electron chi connectivity index (χ3n) is 4.43. The molecule has 1 N–H and O–H groups in total. The summed E-state index contributed by atoms with van der Waals surface area (Å²) in [6.45, 7) is 4.43. The molecule has 0 aromatic heterocycles. The van der Waals surface area contributed by atoms with E-state index in [4.69, 9.17) is 14.2 Å². The number of rotatable bonds is 9. The molecule has 6 heteroatoms. The molecule has 0 bridgehead atoms. The van der Waals surface area contributed by atoms with Crippen molar-refractivity contribution in [1.82, 2.24) is 0 Å². The lowest BCUT2D eigenvalue weighted by Crippen LogP contribution is -2.34. The van der Waals surface area contributed by atoms with Crippen molar-refractivity contribution in [2.75, 3.05) is 6.61 Å².